The van der Waals surface area contributed by atoms with E-state index in [0.29, 0.717) is 5.92 Å². The number of pyridine rings is 1. The van der Waals surface area contributed by atoms with E-state index >= 15 is 0 Å². The van der Waals surface area contributed by atoms with Gasteiger partial charge in [-0.3, -0.25) is 0 Å². The fraction of sp³-hybridized carbons (Fsp3) is 0.286. The number of hydrogen-bond acceptors (Lipinski definition) is 3. The lowest BCUT2D eigenvalue weighted by molar-refractivity contribution is 0.496. The van der Waals surface area contributed by atoms with Gasteiger partial charge in [-0.05, 0) is 76.9 Å². The Morgan fingerprint density at radius 1 is 0.868 bits per heavy atom. The maximum Gasteiger partial charge on any atom is 0.160 e. The Kier molecular flexibility index (Phi) is 5.72. The van der Waals surface area contributed by atoms with Gasteiger partial charge in [0.15, 0.2) is 5.58 Å². The molecule has 0 saturated heterocycles. The Hall–Kier alpha value is -3.85. The highest BCUT2D eigenvalue weighted by atomic mass is 16.3. The van der Waals surface area contributed by atoms with Crippen molar-refractivity contribution in [3.05, 3.63) is 89.4 Å². The maximum absolute atomic E-state index is 6.36. The van der Waals surface area contributed by atoms with Crippen LogP contribution < -0.4 is 0 Å². The van der Waals surface area contributed by atoms with E-state index < -0.39 is 0 Å². The maximum atomic E-state index is 6.36. The molecule has 0 aliphatic rings. The van der Waals surface area contributed by atoms with Crippen LogP contribution >= 0.6 is 0 Å². The molecule has 0 atom stereocenters. The number of rotatable bonds is 4. The fourth-order valence-corrected chi connectivity index (χ4v) is 5.57. The first kappa shape index (κ1) is 24.5. The van der Waals surface area contributed by atoms with Crippen LogP contribution in [0, 0.1) is 19.8 Å². The van der Waals surface area contributed by atoms with E-state index in [1.165, 1.54) is 27.3 Å². The second-order valence-corrected chi connectivity index (χ2v) is 12.1. The minimum Gasteiger partial charge on any atom is -0.462 e. The summed E-state index contributed by atoms with van der Waals surface area (Å²) in [6, 6.07) is 21.9. The zero-order valence-electron chi connectivity index (χ0n) is 23.4. The fourth-order valence-electron chi connectivity index (χ4n) is 5.57. The second-order valence-electron chi connectivity index (χ2n) is 12.1. The van der Waals surface area contributed by atoms with Crippen LogP contribution in [0.4, 0.5) is 0 Å². The predicted octanol–water partition coefficient (Wildman–Crippen LogP) is 10.2. The van der Waals surface area contributed by atoms with Gasteiger partial charge in [-0.1, -0.05) is 71.0 Å². The van der Waals surface area contributed by atoms with Crippen LogP contribution in [0.1, 0.15) is 57.1 Å². The predicted molar refractivity (Wildman–Crippen MR) is 159 cm³/mol. The topological polar surface area (TPSA) is 39.2 Å². The number of fused-ring (bicyclic) bond motifs is 3. The molecule has 0 fully saturated rings. The van der Waals surface area contributed by atoms with Crippen molar-refractivity contribution in [1.29, 1.82) is 0 Å². The molecule has 38 heavy (non-hydrogen) atoms. The second kappa shape index (κ2) is 8.87. The highest BCUT2D eigenvalue weighted by Gasteiger charge is 2.21. The number of nitrogens with zero attached hydrogens (tertiary/aromatic N) is 1. The van der Waals surface area contributed by atoms with E-state index in [1.54, 1.807) is 0 Å². The lowest BCUT2D eigenvalue weighted by Gasteiger charge is -2.23. The molecule has 0 saturated carbocycles. The molecule has 0 aliphatic carbocycles. The van der Waals surface area contributed by atoms with E-state index in [1.807, 2.05) is 6.26 Å². The van der Waals surface area contributed by atoms with Gasteiger partial charge < -0.3 is 8.83 Å². The summed E-state index contributed by atoms with van der Waals surface area (Å²) in [5.74, 6) is 1.62. The van der Waals surface area contributed by atoms with Crippen LogP contribution in [0.25, 0.3) is 55.2 Å². The third-order valence-electron chi connectivity index (χ3n) is 7.61. The molecule has 6 aromatic rings. The first-order valence-electron chi connectivity index (χ1n) is 13.5. The highest BCUT2D eigenvalue weighted by Crippen LogP contribution is 2.39. The quantitative estimate of drug-likeness (QED) is 0.241. The minimum atomic E-state index is 0.00395. The van der Waals surface area contributed by atoms with Crippen molar-refractivity contribution in [2.24, 2.45) is 5.92 Å². The summed E-state index contributed by atoms with van der Waals surface area (Å²) < 4.78 is 12.4. The van der Waals surface area contributed by atoms with Crippen LogP contribution in [0.5, 0.6) is 0 Å². The number of aromatic nitrogens is 1. The monoisotopic (exact) mass is 501 g/mol. The van der Waals surface area contributed by atoms with Crippen molar-refractivity contribution in [3.63, 3.8) is 0 Å². The number of aryl methyl sites for hydroxylation is 2. The number of benzene rings is 3. The Balaban J connectivity index is 1.57. The molecule has 3 heteroatoms. The first-order valence-corrected chi connectivity index (χ1v) is 13.5. The van der Waals surface area contributed by atoms with Crippen LogP contribution in [-0.4, -0.2) is 4.98 Å². The van der Waals surface area contributed by atoms with Gasteiger partial charge >= 0.3 is 0 Å². The third kappa shape index (κ3) is 4.11. The van der Waals surface area contributed by atoms with Crippen LogP contribution in [0.15, 0.2) is 75.8 Å². The summed E-state index contributed by atoms with van der Waals surface area (Å²) in [5, 5.41) is 3.70. The van der Waals surface area contributed by atoms with Gasteiger partial charge in [0.2, 0.25) is 0 Å². The van der Waals surface area contributed by atoms with E-state index in [0.717, 1.165) is 56.8 Å². The summed E-state index contributed by atoms with van der Waals surface area (Å²) >= 11 is 0. The standard InChI is InChI=1S/C35H35NO2/c1-20(2)14-31-22(4)26-13-12-24(17-32(26)38-31)28-18-30(36-33-21(3)19-37-34(28)33)25-15-23-10-8-9-11-27(23)29(16-25)35(5,6)7/h8-13,15-20H,14H2,1-7H3. The van der Waals surface area contributed by atoms with Crippen molar-refractivity contribution in [3.8, 4) is 22.4 Å². The van der Waals surface area contributed by atoms with Crippen LogP contribution in [0.3, 0.4) is 0 Å². The molecule has 3 nitrogen and oxygen atoms in total. The van der Waals surface area contributed by atoms with Crippen molar-refractivity contribution in [1.82, 2.24) is 4.98 Å². The molecule has 0 amide bonds. The smallest absolute Gasteiger partial charge is 0.160 e. The van der Waals surface area contributed by atoms with Crippen molar-refractivity contribution >= 4 is 32.8 Å². The average molecular weight is 502 g/mol. The van der Waals surface area contributed by atoms with Gasteiger partial charge in [0.05, 0.1) is 12.0 Å². The Morgan fingerprint density at radius 3 is 2.42 bits per heavy atom. The van der Waals surface area contributed by atoms with Gasteiger partial charge in [-0.15, -0.1) is 0 Å². The van der Waals surface area contributed by atoms with Gasteiger partial charge in [0.1, 0.15) is 16.9 Å². The molecule has 0 spiro atoms. The van der Waals surface area contributed by atoms with E-state index in [9.17, 15) is 0 Å². The Morgan fingerprint density at radius 2 is 1.66 bits per heavy atom. The van der Waals surface area contributed by atoms with E-state index in [2.05, 4.69) is 109 Å². The van der Waals surface area contributed by atoms with Gasteiger partial charge in [0.25, 0.3) is 0 Å². The largest absolute Gasteiger partial charge is 0.462 e. The molecular formula is C35H35NO2. The SMILES string of the molecule is Cc1c(CC(C)C)oc2cc(-c3cc(-c4cc(C(C)(C)C)c5ccccc5c4)nc4c(C)coc34)ccc12. The zero-order chi connectivity index (χ0) is 26.8. The summed E-state index contributed by atoms with van der Waals surface area (Å²) in [6.45, 7) is 15.5. The summed E-state index contributed by atoms with van der Waals surface area (Å²) in [5.41, 5.74) is 10.4. The van der Waals surface area contributed by atoms with E-state index in [4.69, 9.17) is 13.8 Å². The number of furan rings is 2. The van der Waals surface area contributed by atoms with Crippen LogP contribution in [0.2, 0.25) is 0 Å². The molecule has 192 valence electrons. The summed E-state index contributed by atoms with van der Waals surface area (Å²) in [6.07, 6.45) is 2.75. The van der Waals surface area contributed by atoms with Crippen molar-refractivity contribution in [2.75, 3.05) is 0 Å². The third-order valence-corrected chi connectivity index (χ3v) is 7.61. The van der Waals surface area contributed by atoms with Crippen molar-refractivity contribution < 1.29 is 8.83 Å². The molecule has 6 rings (SSSR count). The normalized spacial score (nSPS) is 12.4. The average Bonchev–Trinajstić information content (AvgIpc) is 3.40. The van der Waals surface area contributed by atoms with Crippen molar-refractivity contribution in [2.45, 2.75) is 60.3 Å². The lowest BCUT2D eigenvalue weighted by Crippen LogP contribution is -2.12. The molecule has 0 bridgehead atoms. The summed E-state index contributed by atoms with van der Waals surface area (Å²) in [7, 11) is 0. The molecule has 3 heterocycles. The Bertz CT molecular complexity index is 1820. The molecular weight excluding hydrogens is 466 g/mol. The zero-order valence-corrected chi connectivity index (χ0v) is 23.4. The molecule has 0 unspecified atom stereocenters. The molecule has 3 aromatic carbocycles. The Labute approximate surface area is 224 Å². The van der Waals surface area contributed by atoms with Gasteiger partial charge in [-0.2, -0.15) is 0 Å². The molecule has 0 N–H and O–H groups in total. The first-order chi connectivity index (χ1) is 18.1. The number of hydrogen-bond donors (Lipinski definition) is 0. The van der Waals surface area contributed by atoms with Crippen LogP contribution in [-0.2, 0) is 11.8 Å². The van der Waals surface area contributed by atoms with Gasteiger partial charge in [-0.25, -0.2) is 4.98 Å². The minimum absolute atomic E-state index is 0.00395. The molecule has 3 aromatic heterocycles. The molecule has 0 aliphatic heterocycles. The highest BCUT2D eigenvalue weighted by molar-refractivity contribution is 5.98. The molecule has 0 radical (unpaired) electrons. The van der Waals surface area contributed by atoms with E-state index in [-0.39, 0.29) is 5.41 Å². The summed E-state index contributed by atoms with van der Waals surface area (Å²) in [4.78, 5) is 5.12. The van der Waals surface area contributed by atoms with Gasteiger partial charge in [0, 0.05) is 28.5 Å². The lowest BCUT2D eigenvalue weighted by atomic mass is 9.82.